The highest BCUT2D eigenvalue weighted by molar-refractivity contribution is 7.45. The second-order valence-corrected chi connectivity index (χ2v) is 9.22. The smallest absolute Gasteiger partial charge is 0.268 e. The fraction of sp³-hybridized carbons (Fsp3) is 0.826. The minimum Gasteiger partial charge on any atom is -0.756 e. The van der Waals surface area contributed by atoms with Gasteiger partial charge in [0.15, 0.2) is 0 Å². The summed E-state index contributed by atoms with van der Waals surface area (Å²) >= 11 is 0. The van der Waals surface area contributed by atoms with Gasteiger partial charge in [0.2, 0.25) is 0 Å². The van der Waals surface area contributed by atoms with Crippen LogP contribution in [0.25, 0.3) is 0 Å². The first-order valence-corrected chi connectivity index (χ1v) is 13.5. The summed E-state index contributed by atoms with van der Waals surface area (Å²) in [5, 5.41) is 9.66. The fourth-order valence-corrected chi connectivity index (χ4v) is 3.68. The Labute approximate surface area is 189 Å². The van der Waals surface area contributed by atoms with Crippen LogP contribution in [0.1, 0.15) is 90.4 Å². The molecule has 7 nitrogen and oxygen atoms in total. The number of unbranched alkanes of at least 4 members (excludes halogenated alkanes) is 11. The van der Waals surface area contributed by atoms with Crippen LogP contribution in [-0.2, 0) is 18.3 Å². The van der Waals surface area contributed by atoms with Crippen LogP contribution < -0.4 is 10.6 Å². The summed E-state index contributed by atoms with van der Waals surface area (Å²) in [4.78, 5) is 11.3. The Morgan fingerprint density at radius 3 is 2.00 bits per heavy atom. The molecule has 0 aliphatic carbocycles. The molecule has 0 aromatic rings. The maximum absolute atomic E-state index is 11.3. The normalized spacial score (nSPS) is 15.0. The lowest BCUT2D eigenvalue weighted by Crippen LogP contribution is -2.52. The van der Waals surface area contributed by atoms with E-state index in [2.05, 4.69) is 33.9 Å². The molecule has 0 radical (unpaired) electrons. The molecule has 2 atom stereocenters. The predicted molar refractivity (Wildman–Crippen MR) is 123 cm³/mol. The van der Waals surface area contributed by atoms with Crippen molar-refractivity contribution in [2.75, 3.05) is 26.4 Å². The third-order valence-electron chi connectivity index (χ3n) is 4.68. The van der Waals surface area contributed by atoms with Crippen LogP contribution >= 0.6 is 7.82 Å². The number of hydrogen-bond acceptors (Lipinski definition) is 6. The van der Waals surface area contributed by atoms with Gasteiger partial charge in [0, 0.05) is 0 Å². The van der Waals surface area contributed by atoms with Gasteiger partial charge < -0.3 is 29.5 Å². The van der Waals surface area contributed by atoms with Gasteiger partial charge in [-0.25, -0.2) is 0 Å². The largest absolute Gasteiger partial charge is 0.756 e. The van der Waals surface area contributed by atoms with Crippen molar-refractivity contribution in [3.63, 3.8) is 0 Å². The standard InChI is InChI=1S/C23H46NO6P/c1-2-3-4-5-6-7-8-9-10-11-12-13-14-15-16-17-19-28-21-23(25)22-30-31(26,27)29-20-18-24/h9-10,17,19,23,25H,2-8,11-16,18,20-22,24H2,1H3,(H,26,27)/b10-9-,19-17-/t23-/m1/s1. The molecule has 0 aliphatic rings. The predicted octanol–water partition coefficient (Wildman–Crippen LogP) is 4.27. The molecule has 0 saturated heterocycles. The van der Waals surface area contributed by atoms with Gasteiger partial charge in [0.05, 0.1) is 19.4 Å². The Morgan fingerprint density at radius 2 is 1.42 bits per heavy atom. The van der Waals surface area contributed by atoms with Crippen LogP contribution in [0.15, 0.2) is 24.5 Å². The monoisotopic (exact) mass is 463 g/mol. The van der Waals surface area contributed by atoms with Crippen molar-refractivity contribution in [1.82, 2.24) is 0 Å². The molecule has 0 fully saturated rings. The molecule has 184 valence electrons. The SMILES string of the molecule is CCCCCCCC/C=C\CCCCCC/C=C\OC[C@@H](O)COP(=O)([O-])OCC[NH3+]. The van der Waals surface area contributed by atoms with Gasteiger partial charge in [-0.05, 0) is 44.6 Å². The number of allylic oxidation sites excluding steroid dienone is 3. The van der Waals surface area contributed by atoms with Crippen molar-refractivity contribution < 1.29 is 34.1 Å². The van der Waals surface area contributed by atoms with Crippen LogP contribution in [-0.4, -0.2) is 37.6 Å². The van der Waals surface area contributed by atoms with Gasteiger partial charge in [-0.1, -0.05) is 64.0 Å². The van der Waals surface area contributed by atoms with Crippen molar-refractivity contribution >= 4 is 7.82 Å². The van der Waals surface area contributed by atoms with E-state index in [1.165, 1.54) is 70.6 Å². The lowest BCUT2D eigenvalue weighted by atomic mass is 10.1. The van der Waals surface area contributed by atoms with E-state index in [-0.39, 0.29) is 19.8 Å². The maximum atomic E-state index is 11.3. The highest BCUT2D eigenvalue weighted by Crippen LogP contribution is 2.37. The molecule has 8 heteroatoms. The molecule has 31 heavy (non-hydrogen) atoms. The summed E-state index contributed by atoms with van der Waals surface area (Å²) in [5.41, 5.74) is 3.47. The van der Waals surface area contributed by atoms with E-state index in [0.717, 1.165) is 12.8 Å². The molecule has 0 saturated carbocycles. The first kappa shape index (κ1) is 30.3. The molecule has 0 spiro atoms. The number of hydrogen-bond donors (Lipinski definition) is 2. The second-order valence-electron chi connectivity index (χ2n) is 7.81. The average Bonchev–Trinajstić information content (AvgIpc) is 2.75. The zero-order valence-electron chi connectivity index (χ0n) is 19.6. The zero-order valence-corrected chi connectivity index (χ0v) is 20.4. The van der Waals surface area contributed by atoms with E-state index in [1.807, 2.05) is 6.08 Å². The highest BCUT2D eigenvalue weighted by Gasteiger charge is 2.13. The number of aliphatic hydroxyl groups is 1. The van der Waals surface area contributed by atoms with Gasteiger partial charge >= 0.3 is 0 Å². The van der Waals surface area contributed by atoms with Crippen molar-refractivity contribution in [2.24, 2.45) is 0 Å². The molecule has 0 aromatic carbocycles. The number of quaternary nitrogens is 1. The topological polar surface area (TPSA) is 116 Å². The van der Waals surface area contributed by atoms with E-state index < -0.39 is 13.9 Å². The van der Waals surface area contributed by atoms with Crippen LogP contribution in [0.5, 0.6) is 0 Å². The number of phosphoric ester groups is 1. The van der Waals surface area contributed by atoms with E-state index in [0.29, 0.717) is 6.54 Å². The molecule has 1 unspecified atom stereocenters. The summed E-state index contributed by atoms with van der Waals surface area (Å²) in [6, 6.07) is 0. The molecule has 0 heterocycles. The van der Waals surface area contributed by atoms with Crippen LogP contribution in [0.3, 0.4) is 0 Å². The van der Waals surface area contributed by atoms with E-state index >= 15 is 0 Å². The fourth-order valence-electron chi connectivity index (χ4n) is 2.90. The Bertz CT molecular complexity index is 487. The molecule has 0 bridgehead atoms. The first-order valence-electron chi connectivity index (χ1n) is 12.0. The quantitative estimate of drug-likeness (QED) is 0.101. The lowest BCUT2D eigenvalue weighted by Gasteiger charge is -2.23. The van der Waals surface area contributed by atoms with E-state index in [1.54, 1.807) is 6.26 Å². The number of ether oxygens (including phenoxy) is 1. The van der Waals surface area contributed by atoms with E-state index in [9.17, 15) is 14.6 Å². The Kier molecular flexibility index (Phi) is 22.0. The first-order chi connectivity index (χ1) is 15.0. The van der Waals surface area contributed by atoms with Gasteiger partial charge in [-0.2, -0.15) is 0 Å². The number of aliphatic hydroxyl groups excluding tert-OH is 1. The second kappa shape index (κ2) is 22.5. The Hall–Kier alpha value is -0.690. The van der Waals surface area contributed by atoms with E-state index in [4.69, 9.17) is 4.74 Å². The van der Waals surface area contributed by atoms with Crippen molar-refractivity contribution in [2.45, 2.75) is 96.5 Å². The van der Waals surface area contributed by atoms with Crippen LogP contribution in [0.2, 0.25) is 0 Å². The summed E-state index contributed by atoms with van der Waals surface area (Å²) in [6.07, 6.45) is 23.3. The lowest BCUT2D eigenvalue weighted by molar-refractivity contribution is -0.373. The minimum absolute atomic E-state index is 0.0308. The number of rotatable bonds is 23. The van der Waals surface area contributed by atoms with Gasteiger partial charge in [-0.3, -0.25) is 4.57 Å². The van der Waals surface area contributed by atoms with Crippen molar-refractivity contribution in [3.8, 4) is 0 Å². The summed E-state index contributed by atoms with van der Waals surface area (Å²) < 4.78 is 25.6. The van der Waals surface area contributed by atoms with Gasteiger partial charge in [-0.15, -0.1) is 0 Å². The van der Waals surface area contributed by atoms with Crippen LogP contribution in [0, 0.1) is 0 Å². The molecule has 0 aliphatic heterocycles. The molecular formula is C23H46NO6P. The molecule has 0 aromatic heterocycles. The van der Waals surface area contributed by atoms with Crippen molar-refractivity contribution in [3.05, 3.63) is 24.5 Å². The summed E-state index contributed by atoms with van der Waals surface area (Å²) in [7, 11) is -4.37. The van der Waals surface area contributed by atoms with Crippen LogP contribution in [0.4, 0.5) is 0 Å². The average molecular weight is 464 g/mol. The van der Waals surface area contributed by atoms with Gasteiger partial charge in [0.1, 0.15) is 19.3 Å². The summed E-state index contributed by atoms with van der Waals surface area (Å²) in [6.45, 7) is 2.12. The number of phosphoric acid groups is 1. The van der Waals surface area contributed by atoms with Gasteiger partial charge in [0.25, 0.3) is 7.82 Å². The molecule has 0 amide bonds. The molecule has 4 N–H and O–H groups in total. The maximum Gasteiger partial charge on any atom is 0.268 e. The summed E-state index contributed by atoms with van der Waals surface area (Å²) in [5.74, 6) is 0. The Morgan fingerprint density at radius 1 is 0.871 bits per heavy atom. The van der Waals surface area contributed by atoms with Crippen molar-refractivity contribution in [1.29, 1.82) is 0 Å². The minimum atomic E-state index is -4.37. The molecular weight excluding hydrogens is 417 g/mol. The highest BCUT2D eigenvalue weighted by atomic mass is 31.2. The Balaban J connectivity index is 3.42. The zero-order chi connectivity index (χ0) is 23.0. The third kappa shape index (κ3) is 23.8. The third-order valence-corrected chi connectivity index (χ3v) is 5.65. The molecule has 0 rings (SSSR count).